The minimum absolute atomic E-state index is 0.241. The molecule has 0 unspecified atom stereocenters. The second-order valence-electron chi connectivity index (χ2n) is 6.02. The molecule has 3 heterocycles. The zero-order valence-corrected chi connectivity index (χ0v) is 13.9. The van der Waals surface area contributed by atoms with Crippen molar-refractivity contribution in [1.82, 2.24) is 19.6 Å². The molecule has 0 amide bonds. The Labute approximate surface area is 144 Å². The molecule has 24 heavy (non-hydrogen) atoms. The number of rotatable bonds is 3. The van der Waals surface area contributed by atoms with Crippen LogP contribution in [0.3, 0.4) is 0 Å². The van der Waals surface area contributed by atoms with Gasteiger partial charge in [-0.1, -0.05) is 11.6 Å². The topological polar surface area (TPSA) is 32.6 Å². The van der Waals surface area contributed by atoms with Gasteiger partial charge in [-0.25, -0.2) is 9.37 Å². The van der Waals surface area contributed by atoms with Crippen LogP contribution in [0.4, 0.5) is 4.39 Å². The average molecular weight is 345 g/mol. The highest BCUT2D eigenvalue weighted by molar-refractivity contribution is 6.30. The zero-order valence-electron chi connectivity index (χ0n) is 13.2. The quantitative estimate of drug-likeness (QED) is 0.792. The molecule has 1 fully saturated rings. The van der Waals surface area contributed by atoms with Crippen molar-refractivity contribution in [1.29, 1.82) is 0 Å². The summed E-state index contributed by atoms with van der Waals surface area (Å²) in [7, 11) is 0. The first-order valence-electron chi connectivity index (χ1n) is 8.06. The van der Waals surface area contributed by atoms with E-state index in [9.17, 15) is 4.39 Å². The van der Waals surface area contributed by atoms with Gasteiger partial charge in [0.25, 0.3) is 0 Å². The molecule has 6 heteroatoms. The number of benzene rings is 1. The fraction of sp³-hybridized carbons (Fsp3) is 0.278. The third-order valence-corrected chi connectivity index (χ3v) is 4.61. The van der Waals surface area contributed by atoms with Crippen LogP contribution in [-0.2, 0) is 6.54 Å². The zero-order chi connectivity index (χ0) is 16.5. The summed E-state index contributed by atoms with van der Waals surface area (Å²) < 4.78 is 15.3. The van der Waals surface area contributed by atoms with Crippen LogP contribution in [0.1, 0.15) is 5.69 Å². The highest BCUT2D eigenvalue weighted by Gasteiger charge is 2.18. The fourth-order valence-electron chi connectivity index (χ4n) is 3.14. The second-order valence-corrected chi connectivity index (χ2v) is 6.45. The fourth-order valence-corrected chi connectivity index (χ4v) is 3.30. The van der Waals surface area contributed by atoms with Crippen molar-refractivity contribution in [2.24, 2.45) is 0 Å². The second kappa shape index (κ2) is 6.51. The van der Waals surface area contributed by atoms with E-state index in [1.807, 2.05) is 22.7 Å². The highest BCUT2D eigenvalue weighted by Crippen LogP contribution is 2.27. The van der Waals surface area contributed by atoms with Crippen LogP contribution in [0.25, 0.3) is 16.9 Å². The first-order valence-corrected chi connectivity index (χ1v) is 8.44. The Balaban J connectivity index is 1.81. The van der Waals surface area contributed by atoms with Crippen LogP contribution in [0.2, 0.25) is 5.02 Å². The Bertz CT molecular complexity index is 853. The molecule has 3 aromatic rings. The summed E-state index contributed by atoms with van der Waals surface area (Å²) in [6.45, 7) is 4.76. The van der Waals surface area contributed by atoms with Gasteiger partial charge < -0.3 is 9.72 Å². The van der Waals surface area contributed by atoms with Crippen molar-refractivity contribution >= 4 is 17.2 Å². The lowest BCUT2D eigenvalue weighted by atomic mass is 10.1. The molecule has 0 radical (unpaired) electrons. The summed E-state index contributed by atoms with van der Waals surface area (Å²) in [6.07, 6.45) is 1.90. The molecule has 4 rings (SSSR count). The molecule has 1 aromatic carbocycles. The summed E-state index contributed by atoms with van der Waals surface area (Å²) >= 11 is 6.19. The number of imidazole rings is 1. The number of fused-ring (bicyclic) bond motifs is 1. The van der Waals surface area contributed by atoms with Gasteiger partial charge in [0.05, 0.1) is 16.4 Å². The van der Waals surface area contributed by atoms with Crippen molar-refractivity contribution < 1.29 is 4.39 Å². The Morgan fingerprint density at radius 3 is 2.58 bits per heavy atom. The lowest BCUT2D eigenvalue weighted by Crippen LogP contribution is -2.43. The first kappa shape index (κ1) is 15.6. The smallest absolute Gasteiger partial charge is 0.137 e. The molecule has 124 valence electrons. The molecule has 0 atom stereocenters. The van der Waals surface area contributed by atoms with Gasteiger partial charge in [-0.05, 0) is 36.4 Å². The number of halogens is 2. The Morgan fingerprint density at radius 2 is 1.83 bits per heavy atom. The minimum atomic E-state index is -0.241. The highest BCUT2D eigenvalue weighted by atomic mass is 35.5. The largest absolute Gasteiger partial charge is 0.314 e. The SMILES string of the molecule is Fc1ccc(-c2nc3ccc(Cl)cn3c2CN2CCNCC2)cc1. The van der Waals surface area contributed by atoms with Crippen LogP contribution >= 0.6 is 11.6 Å². The normalized spacial score (nSPS) is 15.9. The van der Waals surface area contributed by atoms with Gasteiger partial charge in [-0.3, -0.25) is 4.90 Å². The molecule has 4 nitrogen and oxygen atoms in total. The molecular weight excluding hydrogens is 327 g/mol. The summed E-state index contributed by atoms with van der Waals surface area (Å²) in [5.74, 6) is -0.241. The van der Waals surface area contributed by atoms with E-state index in [1.165, 1.54) is 12.1 Å². The lowest BCUT2D eigenvalue weighted by Gasteiger charge is -2.27. The Morgan fingerprint density at radius 1 is 1.08 bits per heavy atom. The molecule has 0 spiro atoms. The Hall–Kier alpha value is -1.95. The van der Waals surface area contributed by atoms with E-state index < -0.39 is 0 Å². The maximum absolute atomic E-state index is 13.3. The number of nitrogens with zero attached hydrogens (tertiary/aromatic N) is 3. The third kappa shape index (κ3) is 3.02. The van der Waals surface area contributed by atoms with Crippen LogP contribution in [-0.4, -0.2) is 40.5 Å². The molecule has 1 aliphatic rings. The third-order valence-electron chi connectivity index (χ3n) is 4.38. The van der Waals surface area contributed by atoms with Gasteiger partial charge >= 0.3 is 0 Å². The van der Waals surface area contributed by atoms with Crippen LogP contribution in [0, 0.1) is 5.82 Å². The molecule has 1 N–H and O–H groups in total. The van der Waals surface area contributed by atoms with Crippen LogP contribution in [0.5, 0.6) is 0 Å². The minimum Gasteiger partial charge on any atom is -0.314 e. The molecule has 1 aliphatic heterocycles. The van der Waals surface area contributed by atoms with E-state index >= 15 is 0 Å². The number of hydrogen-bond donors (Lipinski definition) is 1. The van der Waals surface area contributed by atoms with Crippen molar-refractivity contribution in [3.8, 4) is 11.3 Å². The van der Waals surface area contributed by atoms with E-state index in [2.05, 4.69) is 10.2 Å². The maximum atomic E-state index is 13.3. The summed E-state index contributed by atoms with van der Waals surface area (Å²) in [5, 5.41) is 4.04. The van der Waals surface area contributed by atoms with Crippen molar-refractivity contribution in [2.75, 3.05) is 26.2 Å². The summed E-state index contributed by atoms with van der Waals surface area (Å²) in [5.41, 5.74) is 3.74. The van der Waals surface area contributed by atoms with Crippen LogP contribution in [0.15, 0.2) is 42.6 Å². The maximum Gasteiger partial charge on any atom is 0.137 e. The standard InChI is InChI=1S/C18H18ClFN4/c19-14-3-6-17-22-18(13-1-4-15(20)5-2-13)16(24(17)11-14)12-23-9-7-21-8-10-23/h1-6,11,21H,7-10,12H2. The molecule has 0 bridgehead atoms. The van der Waals surface area contributed by atoms with E-state index in [4.69, 9.17) is 16.6 Å². The molecular formula is C18H18ClFN4. The van der Waals surface area contributed by atoms with E-state index in [-0.39, 0.29) is 5.82 Å². The van der Waals surface area contributed by atoms with Crippen molar-refractivity contribution in [3.63, 3.8) is 0 Å². The predicted molar refractivity (Wildman–Crippen MR) is 93.7 cm³/mol. The van der Waals surface area contributed by atoms with Crippen molar-refractivity contribution in [2.45, 2.75) is 6.54 Å². The molecule has 0 aliphatic carbocycles. The Kier molecular flexibility index (Phi) is 4.22. The molecule has 0 saturated carbocycles. The molecule has 1 saturated heterocycles. The van der Waals surface area contributed by atoms with Gasteiger partial charge in [-0.15, -0.1) is 0 Å². The van der Waals surface area contributed by atoms with Gasteiger partial charge in [0, 0.05) is 44.5 Å². The van der Waals surface area contributed by atoms with Gasteiger partial charge in [0.1, 0.15) is 11.5 Å². The van der Waals surface area contributed by atoms with Crippen LogP contribution < -0.4 is 5.32 Å². The first-order chi connectivity index (χ1) is 11.7. The predicted octanol–water partition coefficient (Wildman–Crippen LogP) is 3.20. The number of piperazine rings is 1. The molecule has 2 aromatic heterocycles. The number of pyridine rings is 1. The van der Waals surface area contributed by atoms with E-state index in [0.29, 0.717) is 5.02 Å². The van der Waals surface area contributed by atoms with Gasteiger partial charge in [0.15, 0.2) is 0 Å². The van der Waals surface area contributed by atoms with E-state index in [1.54, 1.807) is 12.1 Å². The average Bonchev–Trinajstić information content (AvgIpc) is 2.94. The summed E-state index contributed by atoms with van der Waals surface area (Å²) in [4.78, 5) is 7.16. The monoisotopic (exact) mass is 344 g/mol. The number of hydrogen-bond acceptors (Lipinski definition) is 3. The van der Waals surface area contributed by atoms with Crippen molar-refractivity contribution in [3.05, 3.63) is 59.1 Å². The van der Waals surface area contributed by atoms with Gasteiger partial charge in [0.2, 0.25) is 0 Å². The summed E-state index contributed by atoms with van der Waals surface area (Å²) in [6, 6.07) is 10.3. The number of nitrogens with one attached hydrogen (secondary N) is 1. The van der Waals surface area contributed by atoms with E-state index in [0.717, 1.165) is 55.3 Å². The number of aromatic nitrogens is 2. The van der Waals surface area contributed by atoms with Gasteiger partial charge in [-0.2, -0.15) is 0 Å². The lowest BCUT2D eigenvalue weighted by molar-refractivity contribution is 0.230.